The highest BCUT2D eigenvalue weighted by molar-refractivity contribution is 5.94. The van der Waals surface area contributed by atoms with E-state index in [9.17, 15) is 4.79 Å². The van der Waals surface area contributed by atoms with E-state index in [2.05, 4.69) is 15.7 Å². The molecule has 1 aliphatic carbocycles. The van der Waals surface area contributed by atoms with Crippen LogP contribution in [0.25, 0.3) is 0 Å². The van der Waals surface area contributed by atoms with Gasteiger partial charge in [0, 0.05) is 25.6 Å². The Labute approximate surface area is 137 Å². The molecule has 2 N–H and O–H groups in total. The Morgan fingerprint density at radius 1 is 1.41 bits per heavy atom. The van der Waals surface area contributed by atoms with Crippen LogP contribution in [0, 0.1) is 0 Å². The molecule has 2 heterocycles. The molecule has 1 aromatic rings. The van der Waals surface area contributed by atoms with Crippen LogP contribution in [0.2, 0.25) is 0 Å². The standard InChI is InChI=1S/C15H24N4O2.ClH/c1-19-14(17-15(20)13-10-21-8-7-16-13)9-12(18-19)11-5-3-2-4-6-11;/h9,11,13,16H,2-8,10H2,1H3,(H,17,20);1H. The van der Waals surface area contributed by atoms with E-state index in [0.717, 1.165) is 18.1 Å². The lowest BCUT2D eigenvalue weighted by atomic mass is 9.87. The van der Waals surface area contributed by atoms with E-state index in [1.165, 1.54) is 32.1 Å². The lowest BCUT2D eigenvalue weighted by Gasteiger charge is -2.22. The van der Waals surface area contributed by atoms with Crippen molar-refractivity contribution in [2.45, 2.75) is 44.1 Å². The number of halogens is 1. The molecule has 0 radical (unpaired) electrons. The zero-order chi connectivity index (χ0) is 14.7. The maximum absolute atomic E-state index is 12.2. The van der Waals surface area contributed by atoms with Crippen LogP contribution in [0.1, 0.15) is 43.7 Å². The van der Waals surface area contributed by atoms with Gasteiger partial charge in [-0.25, -0.2) is 0 Å². The first-order chi connectivity index (χ1) is 10.2. The van der Waals surface area contributed by atoms with Crippen molar-refractivity contribution in [1.82, 2.24) is 15.1 Å². The average Bonchev–Trinajstić information content (AvgIpc) is 2.90. The lowest BCUT2D eigenvalue weighted by molar-refractivity contribution is -0.120. The van der Waals surface area contributed by atoms with Crippen molar-refractivity contribution in [3.05, 3.63) is 11.8 Å². The quantitative estimate of drug-likeness (QED) is 0.888. The normalized spacial score (nSPS) is 22.9. The van der Waals surface area contributed by atoms with Gasteiger partial charge < -0.3 is 15.4 Å². The fraction of sp³-hybridized carbons (Fsp3) is 0.733. The minimum absolute atomic E-state index is 0. The minimum Gasteiger partial charge on any atom is -0.378 e. The van der Waals surface area contributed by atoms with Gasteiger partial charge in [0.05, 0.1) is 18.9 Å². The monoisotopic (exact) mass is 328 g/mol. The number of amides is 1. The van der Waals surface area contributed by atoms with Crippen LogP contribution >= 0.6 is 12.4 Å². The Bertz CT molecular complexity index is 494. The van der Waals surface area contributed by atoms with Gasteiger partial charge in [-0.2, -0.15) is 5.10 Å². The zero-order valence-corrected chi connectivity index (χ0v) is 13.8. The fourth-order valence-corrected chi connectivity index (χ4v) is 3.15. The molecule has 1 amide bonds. The van der Waals surface area contributed by atoms with E-state index >= 15 is 0 Å². The largest absolute Gasteiger partial charge is 0.378 e. The molecule has 124 valence electrons. The molecule has 2 aliphatic rings. The van der Waals surface area contributed by atoms with Crippen molar-refractivity contribution < 1.29 is 9.53 Å². The first-order valence-electron chi connectivity index (χ1n) is 7.90. The highest BCUT2D eigenvalue weighted by atomic mass is 35.5. The van der Waals surface area contributed by atoms with E-state index in [-0.39, 0.29) is 24.4 Å². The number of carbonyl (C=O) groups excluding carboxylic acids is 1. The molecule has 3 rings (SSSR count). The summed E-state index contributed by atoms with van der Waals surface area (Å²) < 4.78 is 7.10. The second-order valence-corrected chi connectivity index (χ2v) is 5.98. The third-order valence-corrected chi connectivity index (χ3v) is 4.41. The molecule has 1 atom stereocenters. The number of ether oxygens (including phenoxy) is 1. The van der Waals surface area contributed by atoms with Gasteiger partial charge in [0.1, 0.15) is 11.9 Å². The summed E-state index contributed by atoms with van der Waals surface area (Å²) in [7, 11) is 1.88. The fourth-order valence-electron chi connectivity index (χ4n) is 3.15. The number of aryl methyl sites for hydroxylation is 1. The molecule has 7 heteroatoms. The third-order valence-electron chi connectivity index (χ3n) is 4.41. The van der Waals surface area contributed by atoms with Gasteiger partial charge in [-0.05, 0) is 12.8 Å². The summed E-state index contributed by atoms with van der Waals surface area (Å²) in [6, 6.07) is 1.75. The number of hydrogen-bond acceptors (Lipinski definition) is 4. The van der Waals surface area contributed by atoms with Crippen molar-refractivity contribution in [1.29, 1.82) is 0 Å². The number of rotatable bonds is 3. The second-order valence-electron chi connectivity index (χ2n) is 5.98. The molecule has 6 nitrogen and oxygen atoms in total. The average molecular weight is 329 g/mol. The molecule has 22 heavy (non-hydrogen) atoms. The van der Waals surface area contributed by atoms with E-state index in [1.54, 1.807) is 4.68 Å². The molecule has 0 aromatic carbocycles. The van der Waals surface area contributed by atoms with Gasteiger partial charge in [-0.1, -0.05) is 19.3 Å². The summed E-state index contributed by atoms with van der Waals surface area (Å²) in [4.78, 5) is 12.2. The minimum atomic E-state index is -0.271. The maximum Gasteiger partial charge on any atom is 0.245 e. The smallest absolute Gasteiger partial charge is 0.245 e. The lowest BCUT2D eigenvalue weighted by Crippen LogP contribution is -2.49. The van der Waals surface area contributed by atoms with E-state index < -0.39 is 0 Å². The number of nitrogens with zero attached hydrogens (tertiary/aromatic N) is 2. The first-order valence-corrected chi connectivity index (χ1v) is 7.90. The maximum atomic E-state index is 12.2. The van der Waals surface area contributed by atoms with Crippen LogP contribution in [-0.4, -0.2) is 41.5 Å². The van der Waals surface area contributed by atoms with Crippen LogP contribution in [0.4, 0.5) is 5.82 Å². The first kappa shape index (κ1) is 17.2. The Balaban J connectivity index is 0.00000176. The molecular weight excluding hydrogens is 304 g/mol. The predicted octanol–water partition coefficient (Wildman–Crippen LogP) is 1.82. The highest BCUT2D eigenvalue weighted by Gasteiger charge is 2.24. The van der Waals surface area contributed by atoms with Crippen molar-refractivity contribution in [3.63, 3.8) is 0 Å². The van der Waals surface area contributed by atoms with Gasteiger partial charge in [0.25, 0.3) is 0 Å². The zero-order valence-electron chi connectivity index (χ0n) is 13.0. The highest BCUT2D eigenvalue weighted by Crippen LogP contribution is 2.32. The summed E-state index contributed by atoms with van der Waals surface area (Å²) in [5.41, 5.74) is 1.11. The Kier molecular flexibility index (Phi) is 6.23. The molecule has 1 aromatic heterocycles. The number of anilines is 1. The summed E-state index contributed by atoms with van der Waals surface area (Å²) >= 11 is 0. The molecule has 1 saturated heterocycles. The number of hydrogen-bond donors (Lipinski definition) is 2. The van der Waals surface area contributed by atoms with Crippen molar-refractivity contribution in [2.75, 3.05) is 25.1 Å². The number of nitrogens with one attached hydrogen (secondary N) is 2. The predicted molar refractivity (Wildman–Crippen MR) is 87.5 cm³/mol. The van der Waals surface area contributed by atoms with Gasteiger partial charge in [-0.3, -0.25) is 9.48 Å². The van der Waals surface area contributed by atoms with E-state index in [1.807, 2.05) is 13.1 Å². The summed E-state index contributed by atoms with van der Waals surface area (Å²) in [5.74, 6) is 1.27. The van der Waals surface area contributed by atoms with E-state index in [0.29, 0.717) is 19.1 Å². The van der Waals surface area contributed by atoms with Gasteiger partial charge in [-0.15, -0.1) is 12.4 Å². The van der Waals surface area contributed by atoms with E-state index in [4.69, 9.17) is 4.74 Å². The van der Waals surface area contributed by atoms with Gasteiger partial charge >= 0.3 is 0 Å². The number of morpholine rings is 1. The molecule has 1 aliphatic heterocycles. The molecule has 0 bridgehead atoms. The molecular formula is C15H25ClN4O2. The van der Waals surface area contributed by atoms with Gasteiger partial charge in [0.2, 0.25) is 5.91 Å². The summed E-state index contributed by atoms with van der Waals surface area (Å²) in [6.07, 6.45) is 6.32. The Morgan fingerprint density at radius 2 is 2.18 bits per heavy atom. The molecule has 2 fully saturated rings. The number of carbonyl (C=O) groups is 1. The van der Waals surface area contributed by atoms with Crippen LogP contribution in [0.5, 0.6) is 0 Å². The summed E-state index contributed by atoms with van der Waals surface area (Å²) in [5, 5.41) is 10.7. The number of aromatic nitrogens is 2. The Hall–Kier alpha value is -1.11. The Morgan fingerprint density at radius 3 is 2.86 bits per heavy atom. The SMILES string of the molecule is Cl.Cn1nc(C2CCCCC2)cc1NC(=O)C1COCCN1. The van der Waals surface area contributed by atoms with Crippen LogP contribution in [0.15, 0.2) is 6.07 Å². The second kappa shape index (κ2) is 7.94. The van der Waals surface area contributed by atoms with Gasteiger partial charge in [0.15, 0.2) is 0 Å². The van der Waals surface area contributed by atoms with Crippen molar-refractivity contribution in [3.8, 4) is 0 Å². The molecule has 0 spiro atoms. The van der Waals surface area contributed by atoms with Crippen LogP contribution in [0.3, 0.4) is 0 Å². The van der Waals surface area contributed by atoms with Crippen molar-refractivity contribution in [2.24, 2.45) is 7.05 Å². The molecule has 1 saturated carbocycles. The van der Waals surface area contributed by atoms with Crippen LogP contribution in [-0.2, 0) is 16.6 Å². The van der Waals surface area contributed by atoms with Crippen LogP contribution < -0.4 is 10.6 Å². The third kappa shape index (κ3) is 4.00. The van der Waals surface area contributed by atoms with Crippen molar-refractivity contribution >= 4 is 24.1 Å². The summed E-state index contributed by atoms with van der Waals surface area (Å²) in [6.45, 7) is 1.82. The molecule has 1 unspecified atom stereocenters. The topological polar surface area (TPSA) is 68.2 Å².